The molecule has 0 aliphatic heterocycles. The van der Waals surface area contributed by atoms with Crippen LogP contribution >= 0.6 is 11.6 Å². The highest BCUT2D eigenvalue weighted by Crippen LogP contribution is 2.27. The van der Waals surface area contributed by atoms with E-state index in [-0.39, 0.29) is 0 Å². The van der Waals surface area contributed by atoms with Gasteiger partial charge in [0, 0.05) is 27.9 Å². The summed E-state index contributed by atoms with van der Waals surface area (Å²) in [5.74, 6) is -0.550. The van der Waals surface area contributed by atoms with Gasteiger partial charge in [0.05, 0.1) is 0 Å². The van der Waals surface area contributed by atoms with Crippen molar-refractivity contribution in [3.05, 3.63) is 53.1 Å². The zero-order valence-corrected chi connectivity index (χ0v) is 8.91. The van der Waals surface area contributed by atoms with Gasteiger partial charge in [0.2, 0.25) is 5.95 Å². The van der Waals surface area contributed by atoms with Crippen molar-refractivity contribution >= 4 is 17.9 Å². The summed E-state index contributed by atoms with van der Waals surface area (Å²) in [6, 6.07) is 7.71. The van der Waals surface area contributed by atoms with Gasteiger partial charge in [-0.1, -0.05) is 17.7 Å². The molecule has 80 valence electrons. The number of carbonyl (C=O) groups excluding carboxylic acids is 1. The van der Waals surface area contributed by atoms with E-state index in [1.54, 1.807) is 24.3 Å². The van der Waals surface area contributed by atoms with Crippen LogP contribution in [0.3, 0.4) is 0 Å². The Morgan fingerprint density at radius 2 is 2.06 bits per heavy atom. The fraction of sp³-hybridized carbons (Fsp3) is 0. The van der Waals surface area contributed by atoms with Gasteiger partial charge in [0.1, 0.15) is 6.29 Å². The molecule has 2 aromatic rings. The van der Waals surface area contributed by atoms with Crippen molar-refractivity contribution in [1.29, 1.82) is 0 Å². The van der Waals surface area contributed by atoms with E-state index < -0.39 is 5.95 Å². The normalized spacial score (nSPS) is 10.1. The van der Waals surface area contributed by atoms with Crippen molar-refractivity contribution < 1.29 is 9.18 Å². The lowest BCUT2D eigenvalue weighted by molar-refractivity contribution is 0.112. The van der Waals surface area contributed by atoms with Gasteiger partial charge in [-0.05, 0) is 24.3 Å². The van der Waals surface area contributed by atoms with Crippen LogP contribution < -0.4 is 0 Å². The zero-order valence-electron chi connectivity index (χ0n) is 8.15. The molecule has 2 rings (SSSR count). The van der Waals surface area contributed by atoms with E-state index in [2.05, 4.69) is 4.98 Å². The highest BCUT2D eigenvalue weighted by Gasteiger charge is 2.05. The molecular weight excluding hydrogens is 229 g/mol. The van der Waals surface area contributed by atoms with Crippen LogP contribution in [0.1, 0.15) is 10.4 Å². The van der Waals surface area contributed by atoms with Crippen molar-refractivity contribution in [2.24, 2.45) is 0 Å². The molecule has 1 heterocycles. The van der Waals surface area contributed by atoms with Crippen LogP contribution in [0.25, 0.3) is 11.1 Å². The van der Waals surface area contributed by atoms with E-state index in [1.807, 2.05) is 0 Å². The van der Waals surface area contributed by atoms with Crippen LogP contribution in [0.15, 0.2) is 36.5 Å². The zero-order chi connectivity index (χ0) is 11.5. The average molecular weight is 236 g/mol. The standard InChI is InChI=1S/C12H7ClFNO/c13-11-3-1-8(7-16)5-10(11)9-2-4-12(14)15-6-9/h1-7H. The van der Waals surface area contributed by atoms with Gasteiger partial charge in [-0.3, -0.25) is 4.79 Å². The molecule has 0 saturated carbocycles. The highest BCUT2D eigenvalue weighted by atomic mass is 35.5. The predicted molar refractivity (Wildman–Crippen MR) is 60.0 cm³/mol. The SMILES string of the molecule is O=Cc1ccc(Cl)c(-c2ccc(F)nc2)c1. The first kappa shape index (κ1) is 10.8. The third-order valence-electron chi connectivity index (χ3n) is 2.16. The lowest BCUT2D eigenvalue weighted by Gasteiger charge is -2.04. The summed E-state index contributed by atoms with van der Waals surface area (Å²) in [4.78, 5) is 14.2. The Labute approximate surface area is 96.7 Å². The molecule has 0 aliphatic rings. The number of nitrogens with zero attached hydrogens (tertiary/aromatic N) is 1. The summed E-state index contributed by atoms with van der Waals surface area (Å²) in [5, 5.41) is 0.499. The van der Waals surface area contributed by atoms with E-state index in [0.717, 1.165) is 6.29 Å². The number of hydrogen-bond donors (Lipinski definition) is 0. The van der Waals surface area contributed by atoms with Crippen molar-refractivity contribution in [2.45, 2.75) is 0 Å². The average Bonchev–Trinajstić information content (AvgIpc) is 2.31. The number of aldehydes is 1. The quantitative estimate of drug-likeness (QED) is 0.590. The summed E-state index contributed by atoms with van der Waals surface area (Å²) < 4.78 is 12.6. The monoisotopic (exact) mass is 235 g/mol. The number of aromatic nitrogens is 1. The molecule has 0 aliphatic carbocycles. The van der Waals surface area contributed by atoms with Crippen LogP contribution in [0, 0.1) is 5.95 Å². The molecule has 0 bridgehead atoms. The van der Waals surface area contributed by atoms with Crippen molar-refractivity contribution in [3.8, 4) is 11.1 Å². The molecule has 0 unspecified atom stereocenters. The molecule has 4 heteroatoms. The van der Waals surface area contributed by atoms with Crippen molar-refractivity contribution in [2.75, 3.05) is 0 Å². The molecule has 0 N–H and O–H groups in total. The molecule has 0 amide bonds. The largest absolute Gasteiger partial charge is 0.298 e. The molecule has 0 fully saturated rings. The molecule has 1 aromatic carbocycles. The molecule has 2 nitrogen and oxygen atoms in total. The number of hydrogen-bond acceptors (Lipinski definition) is 2. The van der Waals surface area contributed by atoms with E-state index in [0.29, 0.717) is 21.7 Å². The number of pyridine rings is 1. The number of carbonyl (C=O) groups is 1. The topological polar surface area (TPSA) is 30.0 Å². The van der Waals surface area contributed by atoms with Gasteiger partial charge < -0.3 is 0 Å². The highest BCUT2D eigenvalue weighted by molar-refractivity contribution is 6.33. The summed E-state index contributed by atoms with van der Waals surface area (Å²) >= 11 is 5.99. The molecule has 0 spiro atoms. The van der Waals surface area contributed by atoms with E-state index in [9.17, 15) is 9.18 Å². The second-order valence-electron chi connectivity index (χ2n) is 3.23. The van der Waals surface area contributed by atoms with Gasteiger partial charge in [-0.15, -0.1) is 0 Å². The molecule has 0 saturated heterocycles. The van der Waals surface area contributed by atoms with E-state index >= 15 is 0 Å². The van der Waals surface area contributed by atoms with Gasteiger partial charge in [0.15, 0.2) is 0 Å². The Morgan fingerprint density at radius 3 is 2.69 bits per heavy atom. The first-order chi connectivity index (χ1) is 7.70. The fourth-order valence-electron chi connectivity index (χ4n) is 1.37. The maximum absolute atomic E-state index is 12.6. The molecule has 0 atom stereocenters. The molecule has 1 aromatic heterocycles. The lowest BCUT2D eigenvalue weighted by Crippen LogP contribution is -1.87. The van der Waals surface area contributed by atoms with Crippen LogP contribution in [0.4, 0.5) is 4.39 Å². The van der Waals surface area contributed by atoms with Crippen molar-refractivity contribution in [1.82, 2.24) is 4.98 Å². The Balaban J connectivity index is 2.54. The second kappa shape index (κ2) is 4.41. The number of halogens is 2. The maximum atomic E-state index is 12.6. The molecule has 0 radical (unpaired) electrons. The summed E-state index contributed by atoms with van der Waals surface area (Å²) in [6.07, 6.45) is 2.11. The minimum absolute atomic E-state index is 0.499. The molecule has 16 heavy (non-hydrogen) atoms. The number of rotatable bonds is 2. The van der Waals surface area contributed by atoms with Crippen LogP contribution in [-0.4, -0.2) is 11.3 Å². The summed E-state index contributed by atoms with van der Waals surface area (Å²) in [7, 11) is 0. The minimum Gasteiger partial charge on any atom is -0.298 e. The van der Waals surface area contributed by atoms with Crippen LogP contribution in [0.5, 0.6) is 0 Å². The summed E-state index contributed by atoms with van der Waals surface area (Å²) in [5.41, 5.74) is 1.86. The smallest absolute Gasteiger partial charge is 0.212 e. The first-order valence-corrected chi connectivity index (χ1v) is 4.95. The third-order valence-corrected chi connectivity index (χ3v) is 2.49. The summed E-state index contributed by atoms with van der Waals surface area (Å²) in [6.45, 7) is 0. The predicted octanol–water partition coefficient (Wildman–Crippen LogP) is 3.35. The fourth-order valence-corrected chi connectivity index (χ4v) is 1.60. The second-order valence-corrected chi connectivity index (χ2v) is 3.63. The third kappa shape index (κ3) is 2.09. The van der Waals surface area contributed by atoms with E-state index in [4.69, 9.17) is 11.6 Å². The Kier molecular flexibility index (Phi) is 2.97. The first-order valence-electron chi connectivity index (χ1n) is 4.57. The van der Waals surface area contributed by atoms with Gasteiger partial charge in [-0.25, -0.2) is 4.98 Å². The Bertz CT molecular complexity index is 525. The Hall–Kier alpha value is -1.74. The Morgan fingerprint density at radius 1 is 1.25 bits per heavy atom. The van der Waals surface area contributed by atoms with Gasteiger partial charge in [0.25, 0.3) is 0 Å². The lowest BCUT2D eigenvalue weighted by atomic mass is 10.1. The van der Waals surface area contributed by atoms with Gasteiger partial charge >= 0.3 is 0 Å². The van der Waals surface area contributed by atoms with Gasteiger partial charge in [-0.2, -0.15) is 4.39 Å². The van der Waals surface area contributed by atoms with Crippen LogP contribution in [-0.2, 0) is 0 Å². The minimum atomic E-state index is -0.550. The van der Waals surface area contributed by atoms with Crippen molar-refractivity contribution in [3.63, 3.8) is 0 Å². The molecular formula is C12H7ClFNO. The van der Waals surface area contributed by atoms with Crippen LogP contribution in [0.2, 0.25) is 5.02 Å². The number of benzene rings is 1. The maximum Gasteiger partial charge on any atom is 0.212 e. The van der Waals surface area contributed by atoms with E-state index in [1.165, 1.54) is 12.3 Å².